The third-order valence-corrected chi connectivity index (χ3v) is 5.72. The molecule has 0 saturated carbocycles. The Kier molecular flexibility index (Phi) is 17.4. The van der Waals surface area contributed by atoms with Crippen LogP contribution in [0.2, 0.25) is 0 Å². The van der Waals surface area contributed by atoms with E-state index < -0.39 is 50.1 Å². The first kappa shape index (κ1) is 33.4. The van der Waals surface area contributed by atoms with Crippen molar-refractivity contribution in [1.29, 1.82) is 0 Å². The van der Waals surface area contributed by atoms with Crippen LogP contribution in [0.25, 0.3) is 0 Å². The zero-order chi connectivity index (χ0) is 24.9. The van der Waals surface area contributed by atoms with Gasteiger partial charge in [0.25, 0.3) is 5.76 Å². The van der Waals surface area contributed by atoms with E-state index in [9.17, 15) is 29.3 Å². The van der Waals surface area contributed by atoms with Gasteiger partial charge in [0, 0.05) is 6.42 Å². The topological polar surface area (TPSA) is 163 Å². The third-order valence-electron chi connectivity index (χ3n) is 5.31. The van der Waals surface area contributed by atoms with Crippen molar-refractivity contribution < 1.29 is 77.7 Å². The molecule has 1 heterocycles. The monoisotopic (exact) mass is 516 g/mol. The number of hydrogen-bond acceptors (Lipinski definition) is 9. The summed E-state index contributed by atoms with van der Waals surface area (Å²) < 4.78 is 24.2. The normalized spacial score (nSPS) is 18.3. The van der Waals surface area contributed by atoms with E-state index in [1.807, 2.05) is 0 Å². The average Bonchev–Trinajstić information content (AvgIpc) is 2.99. The van der Waals surface area contributed by atoms with Crippen LogP contribution in [0, 0.1) is 5.92 Å². The Morgan fingerprint density at radius 2 is 1.56 bits per heavy atom. The molecular weight excluding hydrogens is 478 g/mol. The molecule has 1 aliphatic heterocycles. The van der Waals surface area contributed by atoms with Crippen LogP contribution in [0.1, 0.15) is 90.9 Å². The Bertz CT molecular complexity index is 691. The zero-order valence-corrected chi connectivity index (χ0v) is 23.5. The minimum Gasteiger partial charge on any atom is -0.746 e. The molecule has 0 spiro atoms. The number of carbonyl (C=O) groups is 2. The van der Waals surface area contributed by atoms with E-state index in [-0.39, 0.29) is 36.0 Å². The van der Waals surface area contributed by atoms with Gasteiger partial charge in [0.15, 0.2) is 11.9 Å². The molecule has 0 aromatic carbocycles. The third kappa shape index (κ3) is 14.7. The minimum absolute atomic E-state index is 0. The fourth-order valence-electron chi connectivity index (χ4n) is 3.49. The van der Waals surface area contributed by atoms with E-state index in [1.54, 1.807) is 0 Å². The maximum atomic E-state index is 11.8. The van der Waals surface area contributed by atoms with Crippen molar-refractivity contribution in [3.8, 4) is 0 Å². The van der Waals surface area contributed by atoms with Crippen molar-refractivity contribution >= 4 is 19.8 Å². The number of carbonyl (C=O) groups excluding carboxylic acids is 2. The Morgan fingerprint density at radius 1 is 1.06 bits per heavy atom. The molecule has 0 aromatic heterocycles. The molecule has 12 heteroatoms. The van der Waals surface area contributed by atoms with Crippen molar-refractivity contribution in [1.82, 2.24) is 0 Å². The summed E-state index contributed by atoms with van der Waals surface area (Å²) in [6.45, 7) is 3.94. The first-order valence-corrected chi connectivity index (χ1v) is 13.2. The van der Waals surface area contributed by atoms with Crippen LogP contribution in [-0.4, -0.2) is 45.9 Å². The van der Waals surface area contributed by atoms with Crippen LogP contribution < -0.4 is 34.5 Å². The fourth-order valence-corrected chi connectivity index (χ4v) is 3.89. The molecule has 1 aliphatic rings. The number of esters is 2. The van der Waals surface area contributed by atoms with Gasteiger partial charge in [-0.1, -0.05) is 78.1 Å². The Hall–Kier alpha value is -0.610. The first-order valence-electron chi connectivity index (χ1n) is 11.7. The molecule has 0 saturated heterocycles. The molecule has 1 rings (SSSR count). The second-order valence-corrected chi connectivity index (χ2v) is 9.94. The standard InChI is InChI=1S/C22H39O10P.Na/c1-16(2)13-11-9-7-5-3-4-6-8-10-12-14-18(24)30-15-17(23)20-19(25)21(22(26)31-20)32-33(27,28)29;/h16-17,20,23,25H,3-15H2,1-2H3,(H2,27,28,29);/q;+1/p-1/t17-,20?;/m0./s1. The van der Waals surface area contributed by atoms with Crippen molar-refractivity contribution in [2.75, 3.05) is 6.61 Å². The van der Waals surface area contributed by atoms with Gasteiger partial charge < -0.3 is 34.0 Å². The number of hydrogen-bond donors (Lipinski definition) is 3. The molecule has 0 amide bonds. The largest absolute Gasteiger partial charge is 1.00 e. The van der Waals surface area contributed by atoms with E-state index in [0.717, 1.165) is 25.2 Å². The van der Waals surface area contributed by atoms with Gasteiger partial charge >= 0.3 is 49.3 Å². The molecule has 3 atom stereocenters. The quantitative estimate of drug-likeness (QED) is 0.101. The summed E-state index contributed by atoms with van der Waals surface area (Å²) >= 11 is 0. The molecular formula is C22H38NaO10P. The van der Waals surface area contributed by atoms with Gasteiger partial charge in [0.2, 0.25) is 0 Å². The maximum absolute atomic E-state index is 11.8. The number of cyclic esters (lactones) is 1. The number of phosphoric ester groups is 1. The van der Waals surface area contributed by atoms with Crippen molar-refractivity contribution in [2.24, 2.45) is 5.92 Å². The van der Waals surface area contributed by atoms with Crippen LogP contribution in [0.4, 0.5) is 0 Å². The van der Waals surface area contributed by atoms with Crippen molar-refractivity contribution in [2.45, 2.75) is 103 Å². The number of aliphatic hydroxyl groups is 2. The van der Waals surface area contributed by atoms with Crippen molar-refractivity contribution in [3.05, 3.63) is 11.5 Å². The predicted molar refractivity (Wildman–Crippen MR) is 118 cm³/mol. The van der Waals surface area contributed by atoms with Crippen LogP contribution >= 0.6 is 7.82 Å². The minimum atomic E-state index is -5.35. The predicted octanol–water partition coefficient (Wildman–Crippen LogP) is 0.404. The Morgan fingerprint density at radius 3 is 2.06 bits per heavy atom. The number of ether oxygens (including phenoxy) is 2. The molecule has 0 bridgehead atoms. The second kappa shape index (κ2) is 17.8. The van der Waals surface area contributed by atoms with Crippen molar-refractivity contribution in [3.63, 3.8) is 0 Å². The molecule has 0 aromatic rings. The summed E-state index contributed by atoms with van der Waals surface area (Å²) in [5.41, 5.74) is 0. The summed E-state index contributed by atoms with van der Waals surface area (Å²) in [6, 6.07) is 0. The van der Waals surface area contributed by atoms with Crippen LogP contribution in [0.15, 0.2) is 11.5 Å². The van der Waals surface area contributed by atoms with Gasteiger partial charge in [-0.05, 0) is 12.3 Å². The molecule has 0 fully saturated rings. The maximum Gasteiger partial charge on any atom is 1.00 e. The summed E-state index contributed by atoms with van der Waals surface area (Å²) in [7, 11) is -5.35. The SMILES string of the molecule is CC(C)CCCCCCCCCCCCC(=O)OC[C@H](O)C1OC(=O)C(OP(=O)([O-])O)=C1O.[Na+]. The van der Waals surface area contributed by atoms with Crippen LogP contribution in [-0.2, 0) is 28.2 Å². The van der Waals surface area contributed by atoms with E-state index >= 15 is 0 Å². The summed E-state index contributed by atoms with van der Waals surface area (Å²) in [4.78, 5) is 42.7. The van der Waals surface area contributed by atoms with Gasteiger partial charge in [-0.2, -0.15) is 0 Å². The average molecular weight is 517 g/mol. The summed E-state index contributed by atoms with van der Waals surface area (Å²) in [6.07, 6.45) is 9.55. The number of rotatable bonds is 18. The molecule has 0 radical (unpaired) electrons. The molecule has 10 nitrogen and oxygen atoms in total. The van der Waals surface area contributed by atoms with E-state index in [2.05, 4.69) is 23.1 Å². The van der Waals surface area contributed by atoms with E-state index in [4.69, 9.17) is 9.63 Å². The van der Waals surface area contributed by atoms with E-state index in [1.165, 1.54) is 44.9 Å². The first-order chi connectivity index (χ1) is 15.5. The Labute approximate surface area is 224 Å². The van der Waals surface area contributed by atoms with Gasteiger partial charge in [0.1, 0.15) is 12.7 Å². The molecule has 2 unspecified atom stereocenters. The van der Waals surface area contributed by atoms with Gasteiger partial charge in [-0.15, -0.1) is 0 Å². The van der Waals surface area contributed by atoms with Gasteiger partial charge in [-0.3, -0.25) is 9.36 Å². The van der Waals surface area contributed by atoms with Gasteiger partial charge in [-0.25, -0.2) is 4.79 Å². The fraction of sp³-hybridized carbons (Fsp3) is 0.818. The Balaban J connectivity index is 0.0000109. The summed E-state index contributed by atoms with van der Waals surface area (Å²) in [5.74, 6) is -3.28. The van der Waals surface area contributed by atoms with Crippen LogP contribution in [0.3, 0.4) is 0 Å². The van der Waals surface area contributed by atoms with E-state index in [0.29, 0.717) is 6.42 Å². The molecule has 0 aliphatic carbocycles. The molecule has 192 valence electrons. The second-order valence-electron chi connectivity index (χ2n) is 8.82. The molecule has 34 heavy (non-hydrogen) atoms. The molecule has 3 N–H and O–H groups in total. The number of unbranched alkanes of at least 4 members (excludes halogenated alkanes) is 9. The zero-order valence-electron chi connectivity index (χ0n) is 20.6. The summed E-state index contributed by atoms with van der Waals surface area (Å²) in [5, 5.41) is 19.8. The number of phosphoric acid groups is 1. The smallest absolute Gasteiger partial charge is 0.746 e. The van der Waals surface area contributed by atoms with Gasteiger partial charge in [0.05, 0.1) is 0 Å². The number of aliphatic hydroxyl groups excluding tert-OH is 2. The van der Waals surface area contributed by atoms with Crippen LogP contribution in [0.5, 0.6) is 0 Å².